The first kappa shape index (κ1) is 14.0. The molecule has 1 N–H and O–H groups in total. The van der Waals surface area contributed by atoms with Gasteiger partial charge in [0.1, 0.15) is 5.82 Å². The number of halogens is 2. The third-order valence-corrected chi connectivity index (χ3v) is 3.61. The van der Waals surface area contributed by atoms with Crippen molar-refractivity contribution in [2.75, 3.05) is 7.05 Å². The van der Waals surface area contributed by atoms with E-state index in [4.69, 9.17) is 11.6 Å². The average molecular weight is 279 g/mol. The van der Waals surface area contributed by atoms with Gasteiger partial charge in [-0.1, -0.05) is 29.8 Å². The quantitative estimate of drug-likeness (QED) is 0.923. The molecule has 0 saturated carbocycles. The third kappa shape index (κ3) is 3.11. The van der Waals surface area contributed by atoms with E-state index < -0.39 is 0 Å². The summed E-state index contributed by atoms with van der Waals surface area (Å²) in [5.41, 5.74) is 2.85. The van der Waals surface area contributed by atoms with Gasteiger partial charge >= 0.3 is 0 Å². The number of rotatable bonds is 4. The number of aryl methyl sites for hydroxylation is 1. The lowest BCUT2D eigenvalue weighted by molar-refractivity contribution is 0.567. The minimum Gasteiger partial charge on any atom is -0.311 e. The fourth-order valence-corrected chi connectivity index (χ4v) is 2.33. The molecule has 0 aliphatic carbocycles. The molecule has 0 radical (unpaired) electrons. The van der Waals surface area contributed by atoms with Gasteiger partial charge in [0.15, 0.2) is 0 Å². The van der Waals surface area contributed by atoms with Gasteiger partial charge in [-0.05, 0) is 43.7 Å². The molecule has 0 spiro atoms. The van der Waals surface area contributed by atoms with Gasteiger partial charge in [0.05, 0.1) is 16.8 Å². The fourth-order valence-electron chi connectivity index (χ4n) is 2.12. The molecule has 100 valence electrons. The van der Waals surface area contributed by atoms with E-state index in [1.54, 1.807) is 12.3 Å². The molecule has 0 aliphatic rings. The summed E-state index contributed by atoms with van der Waals surface area (Å²) in [6.45, 7) is 2.01. The van der Waals surface area contributed by atoms with Crippen LogP contribution in [0.2, 0.25) is 5.02 Å². The highest BCUT2D eigenvalue weighted by molar-refractivity contribution is 6.31. The largest absolute Gasteiger partial charge is 0.311 e. The summed E-state index contributed by atoms with van der Waals surface area (Å²) in [5, 5.41) is 3.40. The summed E-state index contributed by atoms with van der Waals surface area (Å²) in [4.78, 5) is 4.40. The Balaban J connectivity index is 2.30. The predicted molar refractivity (Wildman–Crippen MR) is 75.9 cm³/mol. The number of pyridine rings is 1. The maximum atomic E-state index is 13.4. The SMILES string of the molecule is CNC(Cc1cccc(F)c1Cl)c1ncccc1C. The maximum absolute atomic E-state index is 13.4. The van der Waals surface area contributed by atoms with E-state index in [1.807, 2.05) is 32.2 Å². The van der Waals surface area contributed by atoms with Crippen LogP contribution in [0.1, 0.15) is 22.9 Å². The normalized spacial score (nSPS) is 12.4. The van der Waals surface area contributed by atoms with Gasteiger partial charge in [0, 0.05) is 6.20 Å². The van der Waals surface area contributed by atoms with Gasteiger partial charge in [-0.2, -0.15) is 0 Å². The summed E-state index contributed by atoms with van der Waals surface area (Å²) in [6, 6.07) is 8.82. The lowest BCUT2D eigenvalue weighted by Gasteiger charge is -2.18. The van der Waals surface area contributed by atoms with Gasteiger partial charge in [0.2, 0.25) is 0 Å². The van der Waals surface area contributed by atoms with E-state index in [0.29, 0.717) is 6.42 Å². The Bertz CT molecular complexity index is 572. The van der Waals surface area contributed by atoms with Crippen LogP contribution in [0.3, 0.4) is 0 Å². The Morgan fingerprint density at radius 1 is 1.32 bits per heavy atom. The van der Waals surface area contributed by atoms with Crippen molar-refractivity contribution in [2.24, 2.45) is 0 Å². The zero-order valence-corrected chi connectivity index (χ0v) is 11.7. The number of likely N-dealkylation sites (N-methyl/N-ethyl adjacent to an activating group) is 1. The molecule has 2 aromatic rings. The molecule has 0 amide bonds. The zero-order valence-electron chi connectivity index (χ0n) is 11.0. The number of nitrogens with zero attached hydrogens (tertiary/aromatic N) is 1. The van der Waals surface area contributed by atoms with Crippen LogP contribution in [-0.2, 0) is 6.42 Å². The molecular weight excluding hydrogens is 263 g/mol. The first-order valence-corrected chi connectivity index (χ1v) is 6.53. The minimum atomic E-state index is -0.383. The molecule has 19 heavy (non-hydrogen) atoms. The molecule has 0 fully saturated rings. The molecule has 1 unspecified atom stereocenters. The van der Waals surface area contributed by atoms with Crippen LogP contribution in [0, 0.1) is 12.7 Å². The van der Waals surface area contributed by atoms with Crippen LogP contribution in [0.5, 0.6) is 0 Å². The van der Waals surface area contributed by atoms with Crippen molar-refractivity contribution in [3.05, 3.63) is 64.2 Å². The summed E-state index contributed by atoms with van der Waals surface area (Å²) >= 11 is 6.00. The molecule has 0 saturated heterocycles. The van der Waals surface area contributed by atoms with Gasteiger partial charge in [0.25, 0.3) is 0 Å². The Morgan fingerprint density at radius 2 is 2.11 bits per heavy atom. The van der Waals surface area contributed by atoms with Crippen LogP contribution < -0.4 is 5.32 Å². The van der Waals surface area contributed by atoms with Crippen molar-refractivity contribution in [2.45, 2.75) is 19.4 Å². The van der Waals surface area contributed by atoms with Crippen molar-refractivity contribution < 1.29 is 4.39 Å². The monoisotopic (exact) mass is 278 g/mol. The molecule has 1 heterocycles. The summed E-state index contributed by atoms with van der Waals surface area (Å²) in [6.07, 6.45) is 2.37. The van der Waals surface area contributed by atoms with Crippen LogP contribution in [0.15, 0.2) is 36.5 Å². The van der Waals surface area contributed by atoms with Crippen molar-refractivity contribution in [1.29, 1.82) is 0 Å². The van der Waals surface area contributed by atoms with Crippen LogP contribution in [-0.4, -0.2) is 12.0 Å². The zero-order chi connectivity index (χ0) is 13.8. The first-order chi connectivity index (χ1) is 9.13. The summed E-state index contributed by atoms with van der Waals surface area (Å²) < 4.78 is 13.4. The van der Waals surface area contributed by atoms with E-state index >= 15 is 0 Å². The van der Waals surface area contributed by atoms with Gasteiger partial charge in [-0.25, -0.2) is 4.39 Å². The molecule has 0 bridgehead atoms. The summed E-state index contributed by atoms with van der Waals surface area (Å²) in [5.74, 6) is -0.383. The highest BCUT2D eigenvalue weighted by Crippen LogP contribution is 2.25. The number of nitrogens with one attached hydrogen (secondary N) is 1. The maximum Gasteiger partial charge on any atom is 0.142 e. The predicted octanol–water partition coefficient (Wildman–Crippen LogP) is 3.69. The number of benzene rings is 1. The first-order valence-electron chi connectivity index (χ1n) is 6.15. The molecule has 1 aromatic heterocycles. The topological polar surface area (TPSA) is 24.9 Å². The second-order valence-electron chi connectivity index (χ2n) is 4.46. The van der Waals surface area contributed by atoms with Gasteiger partial charge in [-0.15, -0.1) is 0 Å². The van der Waals surface area contributed by atoms with Crippen LogP contribution in [0.4, 0.5) is 4.39 Å². The molecule has 1 atom stereocenters. The van der Waals surface area contributed by atoms with Crippen molar-refractivity contribution in [3.8, 4) is 0 Å². The highest BCUT2D eigenvalue weighted by atomic mass is 35.5. The minimum absolute atomic E-state index is 0.0144. The number of hydrogen-bond donors (Lipinski definition) is 1. The number of aromatic nitrogens is 1. The van der Waals surface area contributed by atoms with Crippen LogP contribution >= 0.6 is 11.6 Å². The lowest BCUT2D eigenvalue weighted by atomic mass is 10.00. The molecule has 2 nitrogen and oxygen atoms in total. The Kier molecular flexibility index (Phi) is 4.51. The Labute approximate surface area is 117 Å². The Morgan fingerprint density at radius 3 is 2.79 bits per heavy atom. The molecule has 2 rings (SSSR count). The van der Waals surface area contributed by atoms with Crippen molar-refractivity contribution >= 4 is 11.6 Å². The molecule has 0 aliphatic heterocycles. The average Bonchev–Trinajstić information content (AvgIpc) is 2.41. The number of hydrogen-bond acceptors (Lipinski definition) is 2. The molecule has 1 aromatic carbocycles. The van der Waals surface area contributed by atoms with Crippen molar-refractivity contribution in [1.82, 2.24) is 10.3 Å². The second-order valence-corrected chi connectivity index (χ2v) is 4.84. The van der Waals surface area contributed by atoms with E-state index in [9.17, 15) is 4.39 Å². The van der Waals surface area contributed by atoms with E-state index in [2.05, 4.69) is 10.3 Å². The second kappa shape index (κ2) is 6.13. The van der Waals surface area contributed by atoms with Crippen LogP contribution in [0.25, 0.3) is 0 Å². The van der Waals surface area contributed by atoms with Gasteiger partial charge < -0.3 is 5.32 Å². The standard InChI is InChI=1S/C15H16ClFN2/c1-10-5-4-8-19-15(10)13(18-2)9-11-6-3-7-12(17)14(11)16/h3-8,13,18H,9H2,1-2H3. The van der Waals surface area contributed by atoms with Gasteiger partial charge in [-0.3, -0.25) is 4.98 Å². The third-order valence-electron chi connectivity index (χ3n) is 3.18. The smallest absolute Gasteiger partial charge is 0.142 e. The van der Waals surface area contributed by atoms with E-state index in [-0.39, 0.29) is 16.9 Å². The summed E-state index contributed by atoms with van der Waals surface area (Å²) in [7, 11) is 1.87. The van der Waals surface area contributed by atoms with E-state index in [0.717, 1.165) is 16.8 Å². The van der Waals surface area contributed by atoms with Crippen molar-refractivity contribution in [3.63, 3.8) is 0 Å². The molecule has 4 heteroatoms. The molecular formula is C15H16ClFN2. The Hall–Kier alpha value is -1.45. The highest BCUT2D eigenvalue weighted by Gasteiger charge is 2.16. The lowest BCUT2D eigenvalue weighted by Crippen LogP contribution is -2.21. The van der Waals surface area contributed by atoms with E-state index in [1.165, 1.54) is 6.07 Å². The fraction of sp³-hybridized carbons (Fsp3) is 0.267.